The van der Waals surface area contributed by atoms with E-state index in [2.05, 4.69) is 15.6 Å². The first-order valence-corrected chi connectivity index (χ1v) is 8.64. The molecule has 0 spiro atoms. The molecule has 3 heterocycles. The topological polar surface area (TPSA) is 138 Å². The monoisotopic (exact) mass is 396 g/mol. The summed E-state index contributed by atoms with van der Waals surface area (Å²) in [4.78, 5) is 54.5. The number of carboxylic acids is 1. The van der Waals surface area contributed by atoms with Gasteiger partial charge in [-0.15, -0.1) is 0 Å². The van der Waals surface area contributed by atoms with Crippen molar-refractivity contribution in [2.75, 3.05) is 13.7 Å². The molecule has 4 rings (SSSR count). The summed E-state index contributed by atoms with van der Waals surface area (Å²) in [6.45, 7) is -0.0574. The summed E-state index contributed by atoms with van der Waals surface area (Å²) in [5.41, 5.74) is -0.997. The lowest BCUT2D eigenvalue weighted by Crippen LogP contribution is -2.53. The molecule has 1 atom stereocenters. The zero-order chi connectivity index (χ0) is 20.8. The zero-order valence-corrected chi connectivity index (χ0v) is 15.3. The smallest absolute Gasteiger partial charge is 0.354 e. The molecule has 1 aromatic carbocycles. The van der Waals surface area contributed by atoms with Gasteiger partial charge in [-0.3, -0.25) is 14.9 Å². The molecule has 10 nitrogen and oxygen atoms in total. The van der Waals surface area contributed by atoms with Crippen molar-refractivity contribution in [1.82, 2.24) is 20.5 Å². The molecule has 0 bridgehead atoms. The number of ether oxygens (including phenoxy) is 1. The maximum absolute atomic E-state index is 12.9. The van der Waals surface area contributed by atoms with Gasteiger partial charge in [-0.1, -0.05) is 12.1 Å². The number of methoxy groups -OCH3 is 1. The van der Waals surface area contributed by atoms with Crippen LogP contribution in [0.5, 0.6) is 5.75 Å². The summed E-state index contributed by atoms with van der Waals surface area (Å²) in [6.07, 6.45) is 1.28. The van der Waals surface area contributed by atoms with Gasteiger partial charge in [-0.25, -0.2) is 14.6 Å². The van der Waals surface area contributed by atoms with Crippen LogP contribution in [0.1, 0.15) is 32.0 Å². The molecule has 0 saturated carbocycles. The van der Waals surface area contributed by atoms with Crippen molar-refractivity contribution in [3.8, 4) is 5.75 Å². The Morgan fingerprint density at radius 2 is 2.10 bits per heavy atom. The van der Waals surface area contributed by atoms with E-state index in [1.807, 2.05) is 0 Å². The molecule has 2 aromatic rings. The van der Waals surface area contributed by atoms with Crippen LogP contribution in [0.25, 0.3) is 0 Å². The van der Waals surface area contributed by atoms with Crippen LogP contribution in [0.3, 0.4) is 0 Å². The van der Waals surface area contributed by atoms with E-state index in [1.165, 1.54) is 30.3 Å². The average Bonchev–Trinajstić information content (AvgIpc) is 3.17. The number of aromatic carboxylic acids is 1. The number of benzene rings is 1. The number of carbonyl (C=O) groups excluding carboxylic acids is 3. The first-order chi connectivity index (χ1) is 13.9. The van der Waals surface area contributed by atoms with Crippen molar-refractivity contribution >= 4 is 23.8 Å². The van der Waals surface area contributed by atoms with Crippen LogP contribution in [0.2, 0.25) is 0 Å². The first kappa shape index (κ1) is 18.4. The van der Waals surface area contributed by atoms with Crippen LogP contribution in [0, 0.1) is 0 Å². The Balaban J connectivity index is 1.76. The molecule has 0 aliphatic carbocycles. The Labute approximate surface area is 164 Å². The lowest BCUT2D eigenvalue weighted by Gasteiger charge is -2.31. The second-order valence-corrected chi connectivity index (χ2v) is 6.70. The lowest BCUT2D eigenvalue weighted by molar-refractivity contribution is -0.124. The number of aromatic nitrogens is 1. The number of carbonyl (C=O) groups is 4. The molecule has 148 valence electrons. The molecule has 1 aromatic heterocycles. The van der Waals surface area contributed by atoms with Crippen molar-refractivity contribution < 1.29 is 29.0 Å². The second-order valence-electron chi connectivity index (χ2n) is 6.70. The van der Waals surface area contributed by atoms with Crippen LogP contribution in [-0.4, -0.2) is 52.5 Å². The number of hydrogen-bond donors (Lipinski definition) is 3. The highest BCUT2D eigenvalue weighted by Gasteiger charge is 2.52. The Hall–Kier alpha value is -3.95. The molecule has 3 N–H and O–H groups in total. The van der Waals surface area contributed by atoms with Gasteiger partial charge in [0.2, 0.25) is 0 Å². The van der Waals surface area contributed by atoms with Gasteiger partial charge < -0.3 is 20.1 Å². The van der Waals surface area contributed by atoms with E-state index < -0.39 is 23.4 Å². The highest BCUT2D eigenvalue weighted by atomic mass is 16.5. The fraction of sp³-hybridized carbons (Fsp3) is 0.211. The highest BCUT2D eigenvalue weighted by Crippen LogP contribution is 2.33. The summed E-state index contributed by atoms with van der Waals surface area (Å²) < 4.78 is 5.15. The minimum atomic E-state index is -1.78. The second kappa shape index (κ2) is 6.59. The molecular formula is C19H16N4O6. The maximum Gasteiger partial charge on any atom is 0.354 e. The summed E-state index contributed by atoms with van der Waals surface area (Å²) in [7, 11) is 1.49. The average molecular weight is 396 g/mol. The molecule has 0 radical (unpaired) electrons. The van der Waals surface area contributed by atoms with E-state index in [0.29, 0.717) is 11.3 Å². The minimum absolute atomic E-state index is 0.00260. The van der Waals surface area contributed by atoms with Gasteiger partial charge in [-0.2, -0.15) is 0 Å². The predicted octanol–water partition coefficient (Wildman–Crippen LogP) is 0.479. The van der Waals surface area contributed by atoms with Gasteiger partial charge in [0, 0.05) is 23.9 Å². The van der Waals surface area contributed by atoms with E-state index >= 15 is 0 Å². The van der Waals surface area contributed by atoms with E-state index in [9.17, 15) is 24.3 Å². The number of carboxylic acid groups (broad SMARTS) is 1. The number of fused-ring (bicyclic) bond motifs is 1. The number of rotatable bonds is 5. The van der Waals surface area contributed by atoms with Gasteiger partial charge in [-0.05, 0) is 23.8 Å². The number of pyridine rings is 1. The third kappa shape index (κ3) is 2.85. The van der Waals surface area contributed by atoms with E-state index in [4.69, 9.17) is 4.74 Å². The number of nitrogens with one attached hydrogen (secondary N) is 2. The Morgan fingerprint density at radius 3 is 2.76 bits per heavy atom. The highest BCUT2D eigenvalue weighted by molar-refractivity contribution is 6.09. The standard InChI is InChI=1S/C19H16N4O6/c1-29-11-5-4-10-8-23(15(24)12(10)7-11)9-19(17(27)21-18(28)22-19)13-3-2-6-20-14(13)16(25)26/h2-7H,8-9H2,1H3,(H,25,26)(H2,21,22,27,28)/t19-/m0/s1. The van der Waals surface area contributed by atoms with Gasteiger partial charge in [0.1, 0.15) is 5.75 Å². The first-order valence-electron chi connectivity index (χ1n) is 8.64. The lowest BCUT2D eigenvalue weighted by atomic mass is 9.87. The molecule has 2 aliphatic heterocycles. The molecule has 4 amide bonds. The minimum Gasteiger partial charge on any atom is -0.497 e. The number of imide groups is 1. The van der Waals surface area contributed by atoms with Gasteiger partial charge >= 0.3 is 12.0 Å². The summed E-state index contributed by atoms with van der Waals surface area (Å²) in [6, 6.07) is 7.16. The molecule has 2 aliphatic rings. The molecule has 1 fully saturated rings. The summed E-state index contributed by atoms with van der Waals surface area (Å²) >= 11 is 0. The number of urea groups is 1. The third-order valence-electron chi connectivity index (χ3n) is 5.04. The van der Waals surface area contributed by atoms with Crippen LogP contribution in [0.15, 0.2) is 36.5 Å². The molecule has 29 heavy (non-hydrogen) atoms. The zero-order valence-electron chi connectivity index (χ0n) is 15.3. The summed E-state index contributed by atoms with van der Waals surface area (Å²) in [5.74, 6) is -1.94. The third-order valence-corrected chi connectivity index (χ3v) is 5.04. The van der Waals surface area contributed by atoms with Crippen molar-refractivity contribution in [3.05, 3.63) is 58.9 Å². The normalized spacial score (nSPS) is 20.3. The fourth-order valence-electron chi connectivity index (χ4n) is 3.68. The van der Waals surface area contributed by atoms with Gasteiger partial charge in [0.05, 0.1) is 13.7 Å². The van der Waals surface area contributed by atoms with E-state index in [1.54, 1.807) is 18.2 Å². The number of hydrogen-bond acceptors (Lipinski definition) is 6. The Morgan fingerprint density at radius 1 is 1.31 bits per heavy atom. The molecule has 1 saturated heterocycles. The molecule has 0 unspecified atom stereocenters. The van der Waals surface area contributed by atoms with E-state index in [-0.39, 0.29) is 30.3 Å². The van der Waals surface area contributed by atoms with E-state index in [0.717, 1.165) is 5.56 Å². The van der Waals surface area contributed by atoms with Crippen LogP contribution in [0.4, 0.5) is 4.79 Å². The molecule has 10 heteroatoms. The van der Waals surface area contributed by atoms with Crippen molar-refractivity contribution in [2.45, 2.75) is 12.1 Å². The van der Waals surface area contributed by atoms with Crippen molar-refractivity contribution in [2.24, 2.45) is 0 Å². The van der Waals surface area contributed by atoms with Crippen molar-refractivity contribution in [3.63, 3.8) is 0 Å². The van der Waals surface area contributed by atoms with Crippen LogP contribution >= 0.6 is 0 Å². The fourth-order valence-corrected chi connectivity index (χ4v) is 3.68. The van der Waals surface area contributed by atoms with Crippen LogP contribution in [-0.2, 0) is 16.9 Å². The SMILES string of the molecule is COc1ccc2c(c1)C(=O)N(C[C@@]1(c3cccnc3C(=O)O)NC(=O)NC1=O)C2. The quantitative estimate of drug-likeness (QED) is 0.625. The van der Waals surface area contributed by atoms with Crippen molar-refractivity contribution in [1.29, 1.82) is 0 Å². The van der Waals surface area contributed by atoms with Gasteiger partial charge in [0.25, 0.3) is 11.8 Å². The van der Waals surface area contributed by atoms with Gasteiger partial charge in [0.15, 0.2) is 11.2 Å². The predicted molar refractivity (Wildman–Crippen MR) is 97.3 cm³/mol. The Kier molecular flexibility index (Phi) is 4.18. The van der Waals surface area contributed by atoms with Crippen LogP contribution < -0.4 is 15.4 Å². The summed E-state index contributed by atoms with van der Waals surface area (Å²) in [5, 5.41) is 14.1. The number of nitrogens with zero attached hydrogens (tertiary/aromatic N) is 2. The number of amides is 4. The Bertz CT molecular complexity index is 1070. The molecular weight excluding hydrogens is 380 g/mol. The largest absolute Gasteiger partial charge is 0.497 e. The maximum atomic E-state index is 12.9.